The van der Waals surface area contributed by atoms with Crippen molar-refractivity contribution in [1.82, 2.24) is 5.32 Å². The molecule has 0 bridgehead atoms. The van der Waals surface area contributed by atoms with Crippen LogP contribution >= 0.6 is 0 Å². The van der Waals surface area contributed by atoms with Crippen LogP contribution in [-0.4, -0.2) is 32.6 Å². The lowest BCUT2D eigenvalue weighted by molar-refractivity contribution is 0.0948. The van der Waals surface area contributed by atoms with Crippen LogP contribution < -0.4 is 19.7 Å². The van der Waals surface area contributed by atoms with E-state index >= 15 is 0 Å². The Labute approximate surface area is 185 Å². The maximum atomic E-state index is 13.2. The Bertz CT molecular complexity index is 1160. The maximum Gasteiger partial charge on any atom is 0.258 e. The number of rotatable bonds is 6. The largest absolute Gasteiger partial charge is 0.493 e. The smallest absolute Gasteiger partial charge is 0.258 e. The molecule has 7 heteroatoms. The Kier molecular flexibility index (Phi) is 6.07. The number of anilines is 1. The molecule has 0 radical (unpaired) electrons. The molecule has 0 fully saturated rings. The molecule has 0 aliphatic carbocycles. The van der Waals surface area contributed by atoms with E-state index in [1.54, 1.807) is 37.3 Å². The van der Waals surface area contributed by atoms with E-state index in [2.05, 4.69) is 5.32 Å². The van der Waals surface area contributed by atoms with Gasteiger partial charge in [-0.2, -0.15) is 0 Å². The van der Waals surface area contributed by atoms with Crippen LogP contribution in [0.4, 0.5) is 10.1 Å². The zero-order chi connectivity index (χ0) is 22.7. The average molecular weight is 434 g/mol. The molecule has 1 heterocycles. The molecule has 0 unspecified atom stereocenters. The number of nitrogens with zero attached hydrogens (tertiary/aromatic N) is 1. The van der Waals surface area contributed by atoms with Crippen molar-refractivity contribution in [3.05, 3.63) is 88.7 Å². The van der Waals surface area contributed by atoms with Crippen LogP contribution in [0.5, 0.6) is 11.5 Å². The lowest BCUT2D eigenvalue weighted by Gasteiger charge is -2.18. The lowest BCUT2D eigenvalue weighted by atomic mass is 10.0. The molecule has 1 N–H and O–H groups in total. The predicted octanol–water partition coefficient (Wildman–Crippen LogP) is 3.98. The van der Waals surface area contributed by atoms with Crippen molar-refractivity contribution in [3.8, 4) is 11.5 Å². The van der Waals surface area contributed by atoms with Gasteiger partial charge in [-0.1, -0.05) is 18.2 Å². The Balaban J connectivity index is 1.54. The summed E-state index contributed by atoms with van der Waals surface area (Å²) in [6.07, 6.45) is 0.564. The fourth-order valence-corrected chi connectivity index (χ4v) is 3.97. The molecule has 0 saturated carbocycles. The molecule has 164 valence electrons. The Morgan fingerprint density at radius 2 is 1.75 bits per heavy atom. The molecular formula is C25H23FN2O4. The van der Waals surface area contributed by atoms with Gasteiger partial charge in [-0.3, -0.25) is 9.59 Å². The first-order valence-corrected chi connectivity index (χ1v) is 10.2. The zero-order valence-electron chi connectivity index (χ0n) is 17.9. The quantitative estimate of drug-likeness (QED) is 0.637. The predicted molar refractivity (Wildman–Crippen MR) is 119 cm³/mol. The summed E-state index contributed by atoms with van der Waals surface area (Å²) in [5, 5.41) is 2.93. The van der Waals surface area contributed by atoms with Crippen LogP contribution in [-0.2, 0) is 13.0 Å². The molecule has 32 heavy (non-hydrogen) atoms. The van der Waals surface area contributed by atoms with Crippen molar-refractivity contribution in [2.75, 3.05) is 25.7 Å². The second-order valence-corrected chi connectivity index (χ2v) is 7.35. The lowest BCUT2D eigenvalue weighted by Crippen LogP contribution is -2.28. The van der Waals surface area contributed by atoms with E-state index in [0.29, 0.717) is 41.3 Å². The van der Waals surface area contributed by atoms with Gasteiger partial charge in [0.05, 0.1) is 14.2 Å². The number of nitrogens with one attached hydrogen (secondary N) is 1. The molecule has 6 nitrogen and oxygen atoms in total. The number of methoxy groups -OCH3 is 2. The summed E-state index contributed by atoms with van der Waals surface area (Å²) in [7, 11) is 3.12. The van der Waals surface area contributed by atoms with E-state index in [1.165, 1.54) is 24.3 Å². The van der Waals surface area contributed by atoms with Crippen LogP contribution in [0.25, 0.3) is 0 Å². The summed E-state index contributed by atoms with van der Waals surface area (Å²) in [6, 6.07) is 16.3. The summed E-state index contributed by atoms with van der Waals surface area (Å²) < 4.78 is 23.9. The van der Waals surface area contributed by atoms with Gasteiger partial charge >= 0.3 is 0 Å². The summed E-state index contributed by atoms with van der Waals surface area (Å²) in [5.74, 6) is 0.319. The van der Waals surface area contributed by atoms with Gasteiger partial charge in [-0.05, 0) is 54.4 Å². The molecule has 2 amide bonds. The number of para-hydroxylation sites is 1. The molecular weight excluding hydrogens is 411 g/mol. The Hall–Kier alpha value is -3.87. The minimum atomic E-state index is -0.394. The monoisotopic (exact) mass is 434 g/mol. The van der Waals surface area contributed by atoms with Crippen molar-refractivity contribution in [2.24, 2.45) is 0 Å². The highest BCUT2D eigenvalue weighted by Crippen LogP contribution is 2.33. The molecule has 1 aliphatic rings. The summed E-state index contributed by atoms with van der Waals surface area (Å²) in [6.45, 7) is 0.723. The molecule has 4 rings (SSSR count). The van der Waals surface area contributed by atoms with Crippen LogP contribution in [0.15, 0.2) is 60.7 Å². The van der Waals surface area contributed by atoms with Crippen molar-refractivity contribution in [1.29, 1.82) is 0 Å². The van der Waals surface area contributed by atoms with Gasteiger partial charge < -0.3 is 19.7 Å². The topological polar surface area (TPSA) is 67.9 Å². The first kappa shape index (κ1) is 21.4. The van der Waals surface area contributed by atoms with E-state index < -0.39 is 5.82 Å². The van der Waals surface area contributed by atoms with Gasteiger partial charge in [0, 0.05) is 35.5 Å². The summed E-state index contributed by atoms with van der Waals surface area (Å²) in [5.41, 5.74) is 3.24. The molecule has 0 aromatic heterocycles. The molecule has 3 aromatic rings. The number of carbonyl (C=O) groups is 2. The van der Waals surface area contributed by atoms with Gasteiger partial charge in [0.25, 0.3) is 11.8 Å². The second kappa shape index (κ2) is 9.09. The number of hydrogen-bond acceptors (Lipinski definition) is 4. The molecule has 0 atom stereocenters. The van der Waals surface area contributed by atoms with Crippen molar-refractivity contribution in [3.63, 3.8) is 0 Å². The Morgan fingerprint density at radius 1 is 1.00 bits per heavy atom. The standard InChI is InChI=1S/C25H23FN2O4/c1-31-22-8-3-5-17(23(22)32-2)15-27-24(29)20-6-4-7-21-19(20)13-14-28(21)25(30)16-9-11-18(26)12-10-16/h3-12H,13-15H2,1-2H3,(H,27,29). The number of fused-ring (bicyclic) bond motifs is 1. The minimum absolute atomic E-state index is 0.220. The Morgan fingerprint density at radius 3 is 2.47 bits per heavy atom. The number of ether oxygens (including phenoxy) is 2. The van der Waals surface area contributed by atoms with Gasteiger partial charge in [0.1, 0.15) is 5.82 Å². The van der Waals surface area contributed by atoms with Crippen molar-refractivity contribution >= 4 is 17.5 Å². The molecule has 0 saturated heterocycles. The fraction of sp³-hybridized carbons (Fsp3) is 0.200. The number of amides is 2. The van der Waals surface area contributed by atoms with Gasteiger partial charge in [0.2, 0.25) is 0 Å². The minimum Gasteiger partial charge on any atom is -0.493 e. The highest BCUT2D eigenvalue weighted by atomic mass is 19.1. The van der Waals surface area contributed by atoms with E-state index in [0.717, 1.165) is 11.1 Å². The highest BCUT2D eigenvalue weighted by molar-refractivity contribution is 6.08. The highest BCUT2D eigenvalue weighted by Gasteiger charge is 2.29. The van der Waals surface area contributed by atoms with Gasteiger partial charge in [-0.25, -0.2) is 4.39 Å². The van der Waals surface area contributed by atoms with Gasteiger partial charge in [0.15, 0.2) is 11.5 Å². The van der Waals surface area contributed by atoms with E-state index in [4.69, 9.17) is 9.47 Å². The summed E-state index contributed by atoms with van der Waals surface area (Å²) >= 11 is 0. The first-order valence-electron chi connectivity index (χ1n) is 10.2. The van der Waals surface area contributed by atoms with Crippen molar-refractivity contribution in [2.45, 2.75) is 13.0 Å². The van der Waals surface area contributed by atoms with Crippen LogP contribution in [0.2, 0.25) is 0 Å². The summed E-state index contributed by atoms with van der Waals surface area (Å²) in [4.78, 5) is 27.5. The number of benzene rings is 3. The third-order valence-corrected chi connectivity index (χ3v) is 5.53. The molecule has 1 aliphatic heterocycles. The van der Waals surface area contributed by atoms with E-state index in [9.17, 15) is 14.0 Å². The number of carbonyl (C=O) groups excluding carboxylic acids is 2. The normalized spacial score (nSPS) is 12.3. The van der Waals surface area contributed by atoms with E-state index in [-0.39, 0.29) is 18.4 Å². The van der Waals surface area contributed by atoms with Crippen LogP contribution in [0.3, 0.4) is 0 Å². The van der Waals surface area contributed by atoms with Crippen LogP contribution in [0, 0.1) is 5.82 Å². The second-order valence-electron chi connectivity index (χ2n) is 7.35. The third-order valence-electron chi connectivity index (χ3n) is 5.53. The fourth-order valence-electron chi connectivity index (χ4n) is 3.97. The number of hydrogen-bond donors (Lipinski definition) is 1. The third kappa shape index (κ3) is 4.01. The average Bonchev–Trinajstić information content (AvgIpc) is 3.26. The van der Waals surface area contributed by atoms with Crippen molar-refractivity contribution < 1.29 is 23.5 Å². The molecule has 3 aromatic carbocycles. The van der Waals surface area contributed by atoms with Crippen LogP contribution in [0.1, 0.15) is 31.8 Å². The zero-order valence-corrected chi connectivity index (χ0v) is 17.9. The number of halogens is 1. The molecule has 0 spiro atoms. The van der Waals surface area contributed by atoms with Gasteiger partial charge in [-0.15, -0.1) is 0 Å². The maximum absolute atomic E-state index is 13.2. The van der Waals surface area contributed by atoms with E-state index in [1.807, 2.05) is 18.2 Å². The SMILES string of the molecule is COc1cccc(CNC(=O)c2cccc3c2CCN3C(=O)c2ccc(F)cc2)c1OC. The first-order chi connectivity index (χ1) is 15.5.